The van der Waals surface area contributed by atoms with Gasteiger partial charge in [0, 0.05) is 24.7 Å². The van der Waals surface area contributed by atoms with Crippen LogP contribution in [0.3, 0.4) is 0 Å². The second-order valence-corrected chi connectivity index (χ2v) is 8.07. The van der Waals surface area contributed by atoms with Crippen molar-refractivity contribution >= 4 is 15.9 Å². The zero-order valence-corrected chi connectivity index (χ0v) is 14.8. The quantitative estimate of drug-likeness (QED) is 0.834. The molecule has 0 heterocycles. The molecule has 1 amide bonds. The Kier molecular flexibility index (Phi) is 6.56. The summed E-state index contributed by atoms with van der Waals surface area (Å²) in [7, 11) is -3.53. The van der Waals surface area contributed by atoms with Gasteiger partial charge < -0.3 is 0 Å². The van der Waals surface area contributed by atoms with Gasteiger partial charge in [0.2, 0.25) is 10.0 Å². The Morgan fingerprint density at radius 1 is 1.14 bits per heavy atom. The van der Waals surface area contributed by atoms with Crippen molar-refractivity contribution in [3.05, 3.63) is 35.4 Å². The van der Waals surface area contributed by atoms with Gasteiger partial charge in [-0.25, -0.2) is 13.1 Å². The van der Waals surface area contributed by atoms with Gasteiger partial charge in [-0.1, -0.05) is 26.0 Å². The molecule has 0 radical (unpaired) electrons. The van der Waals surface area contributed by atoms with Crippen LogP contribution in [0, 0.1) is 5.92 Å². The lowest BCUT2D eigenvalue weighted by Gasteiger charge is -2.28. The van der Waals surface area contributed by atoms with Crippen molar-refractivity contribution in [2.24, 2.45) is 5.92 Å². The fourth-order valence-electron chi connectivity index (χ4n) is 2.15. The van der Waals surface area contributed by atoms with E-state index in [9.17, 15) is 13.2 Å². The Morgan fingerprint density at radius 3 is 2.09 bits per heavy atom. The van der Waals surface area contributed by atoms with Crippen LogP contribution in [0.4, 0.5) is 0 Å². The lowest BCUT2D eigenvalue weighted by molar-refractivity contribution is 0.0981. The molecule has 1 aromatic carbocycles. The molecule has 0 aliphatic carbocycles. The molecule has 5 nitrogen and oxygen atoms in total. The fraction of sp³-hybridized carbons (Fsp3) is 0.562. The molecule has 0 aliphatic heterocycles. The van der Waals surface area contributed by atoms with Crippen LogP contribution in [-0.2, 0) is 16.6 Å². The van der Waals surface area contributed by atoms with E-state index in [4.69, 9.17) is 0 Å². The second-order valence-electron chi connectivity index (χ2n) is 6.32. The molecule has 0 saturated carbocycles. The average Bonchev–Trinajstić information content (AvgIpc) is 2.36. The first-order valence-electron chi connectivity index (χ1n) is 7.43. The van der Waals surface area contributed by atoms with Gasteiger partial charge in [0.05, 0.1) is 6.26 Å². The normalized spacial score (nSPS) is 12.2. The number of amides is 1. The average molecular weight is 326 g/mol. The van der Waals surface area contributed by atoms with E-state index < -0.39 is 15.9 Å². The van der Waals surface area contributed by atoms with Gasteiger partial charge in [-0.3, -0.25) is 9.69 Å². The topological polar surface area (TPSA) is 66.5 Å². The molecular weight excluding hydrogens is 300 g/mol. The predicted molar refractivity (Wildman–Crippen MR) is 89.1 cm³/mol. The van der Waals surface area contributed by atoms with Crippen LogP contribution < -0.4 is 4.72 Å². The maximum Gasteiger partial charge on any atom is 0.264 e. The van der Waals surface area contributed by atoms with Crippen molar-refractivity contribution in [1.29, 1.82) is 0 Å². The summed E-state index contributed by atoms with van der Waals surface area (Å²) in [5.41, 5.74) is 1.44. The summed E-state index contributed by atoms with van der Waals surface area (Å²) in [6.07, 6.45) is 0.964. The Hall–Kier alpha value is -1.40. The summed E-state index contributed by atoms with van der Waals surface area (Å²) in [5, 5.41) is 0. The minimum absolute atomic E-state index is 0.342. The van der Waals surface area contributed by atoms with Crippen LogP contribution in [0.5, 0.6) is 0 Å². The molecule has 0 aliphatic rings. The first kappa shape index (κ1) is 18.6. The maximum absolute atomic E-state index is 11.7. The van der Waals surface area contributed by atoms with E-state index in [1.165, 1.54) is 0 Å². The Bertz CT molecular complexity index is 592. The number of sulfonamides is 1. The third-order valence-corrected chi connectivity index (χ3v) is 3.77. The molecular formula is C16H26N2O3S. The summed E-state index contributed by atoms with van der Waals surface area (Å²) < 4.78 is 24.1. The van der Waals surface area contributed by atoms with E-state index in [0.29, 0.717) is 17.5 Å². The molecule has 0 unspecified atom stereocenters. The molecule has 22 heavy (non-hydrogen) atoms. The van der Waals surface area contributed by atoms with Crippen molar-refractivity contribution < 1.29 is 13.2 Å². The molecule has 124 valence electrons. The Labute approximate surface area is 133 Å². The minimum atomic E-state index is -3.53. The van der Waals surface area contributed by atoms with Crippen molar-refractivity contribution in [2.45, 2.75) is 40.3 Å². The second kappa shape index (κ2) is 7.74. The number of hydrogen-bond acceptors (Lipinski definition) is 4. The monoisotopic (exact) mass is 326 g/mol. The lowest BCUT2D eigenvalue weighted by atomic mass is 10.1. The van der Waals surface area contributed by atoms with Crippen LogP contribution in [-0.4, -0.2) is 38.1 Å². The number of carbonyl (C=O) groups excluding carboxylic acids is 1. The third-order valence-electron chi connectivity index (χ3n) is 3.21. The number of benzene rings is 1. The molecule has 6 heteroatoms. The highest BCUT2D eigenvalue weighted by molar-refractivity contribution is 7.89. The highest BCUT2D eigenvalue weighted by Gasteiger charge is 2.13. The molecule has 0 saturated heterocycles. The van der Waals surface area contributed by atoms with Gasteiger partial charge in [0.25, 0.3) is 5.91 Å². The van der Waals surface area contributed by atoms with Crippen LogP contribution in [0.2, 0.25) is 0 Å². The van der Waals surface area contributed by atoms with E-state index >= 15 is 0 Å². The summed E-state index contributed by atoms with van der Waals surface area (Å²) in [5.74, 6) is -0.0147. The van der Waals surface area contributed by atoms with Gasteiger partial charge >= 0.3 is 0 Å². The van der Waals surface area contributed by atoms with Crippen molar-refractivity contribution in [3.8, 4) is 0 Å². The molecule has 1 aromatic rings. The van der Waals surface area contributed by atoms with Crippen LogP contribution >= 0.6 is 0 Å². The highest BCUT2D eigenvalue weighted by Crippen LogP contribution is 2.12. The third kappa shape index (κ3) is 6.58. The first-order chi connectivity index (χ1) is 10.1. The molecule has 0 fully saturated rings. The van der Waals surface area contributed by atoms with Crippen molar-refractivity contribution in [1.82, 2.24) is 9.62 Å². The number of hydrogen-bond donors (Lipinski definition) is 1. The van der Waals surface area contributed by atoms with Gasteiger partial charge in [0.1, 0.15) is 0 Å². The lowest BCUT2D eigenvalue weighted by Crippen LogP contribution is -2.33. The summed E-state index contributed by atoms with van der Waals surface area (Å²) in [6.45, 7) is 10.5. The van der Waals surface area contributed by atoms with Crippen LogP contribution in [0.25, 0.3) is 0 Å². The van der Waals surface area contributed by atoms with Gasteiger partial charge in [-0.2, -0.15) is 0 Å². The first-order valence-corrected chi connectivity index (χ1v) is 9.32. The molecule has 0 bridgehead atoms. The van der Waals surface area contributed by atoms with E-state index in [1.807, 2.05) is 16.9 Å². The van der Waals surface area contributed by atoms with E-state index in [2.05, 4.69) is 32.6 Å². The van der Waals surface area contributed by atoms with Crippen LogP contribution in [0.15, 0.2) is 24.3 Å². The largest absolute Gasteiger partial charge is 0.296 e. The highest BCUT2D eigenvalue weighted by atomic mass is 32.2. The summed E-state index contributed by atoms with van der Waals surface area (Å²) in [6, 6.07) is 7.49. The fourth-order valence-corrected chi connectivity index (χ4v) is 2.60. The van der Waals surface area contributed by atoms with Gasteiger partial charge in [0.15, 0.2) is 0 Å². The number of rotatable bonds is 7. The molecule has 0 spiro atoms. The Balaban J connectivity index is 2.77. The smallest absolute Gasteiger partial charge is 0.264 e. The zero-order valence-electron chi connectivity index (χ0n) is 14.0. The van der Waals surface area contributed by atoms with E-state index in [1.54, 1.807) is 12.1 Å². The summed E-state index contributed by atoms with van der Waals surface area (Å²) in [4.78, 5) is 14.1. The number of carbonyl (C=O) groups is 1. The summed E-state index contributed by atoms with van der Waals surface area (Å²) >= 11 is 0. The van der Waals surface area contributed by atoms with Gasteiger partial charge in [-0.05, 0) is 37.5 Å². The van der Waals surface area contributed by atoms with Crippen LogP contribution in [0.1, 0.15) is 43.6 Å². The molecule has 0 atom stereocenters. The van der Waals surface area contributed by atoms with Crippen molar-refractivity contribution in [2.75, 3.05) is 12.8 Å². The molecule has 1 rings (SSSR count). The standard InChI is InChI=1S/C16H26N2O3S/c1-12(2)10-18(13(3)4)11-14-6-8-15(9-7-14)16(19)17-22(5,20)21/h6-9,12-13H,10-11H2,1-5H3,(H,17,19). The van der Waals surface area contributed by atoms with Crippen molar-refractivity contribution in [3.63, 3.8) is 0 Å². The number of nitrogens with zero attached hydrogens (tertiary/aromatic N) is 1. The zero-order chi connectivity index (χ0) is 16.9. The van der Waals surface area contributed by atoms with E-state index in [-0.39, 0.29) is 0 Å². The SMILES string of the molecule is CC(C)CN(Cc1ccc(C(=O)NS(C)(=O)=O)cc1)C(C)C. The van der Waals surface area contributed by atoms with Gasteiger partial charge in [-0.15, -0.1) is 0 Å². The Morgan fingerprint density at radius 2 is 1.68 bits per heavy atom. The predicted octanol–water partition coefficient (Wildman–Crippen LogP) is 2.24. The molecule has 1 N–H and O–H groups in total. The maximum atomic E-state index is 11.7. The molecule has 0 aromatic heterocycles. The number of nitrogens with one attached hydrogen (secondary N) is 1. The van der Waals surface area contributed by atoms with E-state index in [0.717, 1.165) is 24.9 Å². The minimum Gasteiger partial charge on any atom is -0.296 e.